The Balaban J connectivity index is 2.05. The molecular formula is C12H13FN4O. The summed E-state index contributed by atoms with van der Waals surface area (Å²) in [7, 11) is 1.79. The summed E-state index contributed by atoms with van der Waals surface area (Å²) in [5.41, 5.74) is 6.87. The molecule has 5 nitrogen and oxygen atoms in total. The smallest absolute Gasteiger partial charge is 0.253 e. The lowest BCUT2D eigenvalue weighted by molar-refractivity contribution is 0.0951. The molecule has 0 aliphatic rings. The summed E-state index contributed by atoms with van der Waals surface area (Å²) in [6.07, 6.45) is 3.43. The minimum atomic E-state index is -0.490. The van der Waals surface area contributed by atoms with Crippen molar-refractivity contribution >= 4 is 11.6 Å². The second-order valence-corrected chi connectivity index (χ2v) is 3.94. The lowest BCUT2D eigenvalue weighted by atomic mass is 10.1. The molecule has 2 aromatic rings. The van der Waals surface area contributed by atoms with Crippen LogP contribution in [-0.4, -0.2) is 15.7 Å². The van der Waals surface area contributed by atoms with E-state index in [1.807, 2.05) is 0 Å². The number of nitrogen functional groups attached to an aromatic ring is 1. The number of nitrogens with zero attached hydrogens (tertiary/aromatic N) is 2. The van der Waals surface area contributed by atoms with E-state index >= 15 is 0 Å². The van der Waals surface area contributed by atoms with Crippen LogP contribution in [0.15, 0.2) is 30.6 Å². The summed E-state index contributed by atoms with van der Waals surface area (Å²) in [6.45, 7) is 0.322. The number of aromatic nitrogens is 2. The SMILES string of the molecule is Cn1cc(CNC(=O)c2cc(F)ccc2N)cn1. The summed E-state index contributed by atoms with van der Waals surface area (Å²) in [6, 6.07) is 3.70. The van der Waals surface area contributed by atoms with Gasteiger partial charge in [-0.2, -0.15) is 5.10 Å². The molecule has 0 atom stereocenters. The fourth-order valence-electron chi connectivity index (χ4n) is 1.57. The first-order valence-corrected chi connectivity index (χ1v) is 5.37. The zero-order chi connectivity index (χ0) is 13.1. The first-order valence-electron chi connectivity index (χ1n) is 5.37. The number of nitrogens with two attached hydrogens (primary N) is 1. The molecule has 2 rings (SSSR count). The maximum Gasteiger partial charge on any atom is 0.253 e. The number of hydrogen-bond donors (Lipinski definition) is 2. The molecule has 18 heavy (non-hydrogen) atoms. The van der Waals surface area contributed by atoms with Gasteiger partial charge in [0, 0.05) is 31.0 Å². The van der Waals surface area contributed by atoms with Gasteiger partial charge in [0.2, 0.25) is 0 Å². The first-order chi connectivity index (χ1) is 8.56. The van der Waals surface area contributed by atoms with Crippen LogP contribution in [0.25, 0.3) is 0 Å². The quantitative estimate of drug-likeness (QED) is 0.798. The van der Waals surface area contributed by atoms with Gasteiger partial charge < -0.3 is 11.1 Å². The molecule has 0 radical (unpaired) electrons. The molecule has 0 spiro atoms. The van der Waals surface area contributed by atoms with E-state index in [0.717, 1.165) is 11.6 Å². The zero-order valence-electron chi connectivity index (χ0n) is 9.85. The third-order valence-corrected chi connectivity index (χ3v) is 2.47. The molecule has 0 unspecified atom stereocenters. The first kappa shape index (κ1) is 12.1. The van der Waals surface area contributed by atoms with E-state index < -0.39 is 11.7 Å². The van der Waals surface area contributed by atoms with Crippen molar-refractivity contribution in [1.29, 1.82) is 0 Å². The third-order valence-electron chi connectivity index (χ3n) is 2.47. The normalized spacial score (nSPS) is 10.3. The van der Waals surface area contributed by atoms with Crippen molar-refractivity contribution in [3.8, 4) is 0 Å². The maximum absolute atomic E-state index is 13.0. The second-order valence-electron chi connectivity index (χ2n) is 3.94. The molecule has 0 bridgehead atoms. The highest BCUT2D eigenvalue weighted by atomic mass is 19.1. The summed E-state index contributed by atoms with van der Waals surface area (Å²) in [5, 5.41) is 6.64. The molecule has 0 saturated carbocycles. The van der Waals surface area contributed by atoms with Crippen molar-refractivity contribution in [2.24, 2.45) is 7.05 Å². The Morgan fingerprint density at radius 1 is 1.56 bits per heavy atom. The standard InChI is InChI=1S/C12H13FN4O/c1-17-7-8(6-16-17)5-15-12(18)10-4-9(13)2-3-11(10)14/h2-4,6-7H,5,14H2,1H3,(H,15,18). The number of carbonyl (C=O) groups excluding carboxylic acids is 1. The lowest BCUT2D eigenvalue weighted by Crippen LogP contribution is -2.23. The van der Waals surface area contributed by atoms with E-state index in [2.05, 4.69) is 10.4 Å². The number of aryl methyl sites for hydroxylation is 1. The van der Waals surface area contributed by atoms with Gasteiger partial charge in [-0.15, -0.1) is 0 Å². The van der Waals surface area contributed by atoms with Crippen LogP contribution in [0.5, 0.6) is 0 Å². The Morgan fingerprint density at radius 2 is 2.33 bits per heavy atom. The molecule has 0 aliphatic heterocycles. The van der Waals surface area contributed by atoms with Crippen molar-refractivity contribution in [3.63, 3.8) is 0 Å². The minimum Gasteiger partial charge on any atom is -0.398 e. The number of hydrogen-bond acceptors (Lipinski definition) is 3. The van der Waals surface area contributed by atoms with Crippen LogP contribution in [-0.2, 0) is 13.6 Å². The fraction of sp³-hybridized carbons (Fsp3) is 0.167. The third kappa shape index (κ3) is 2.65. The average Bonchev–Trinajstić information content (AvgIpc) is 2.75. The van der Waals surface area contributed by atoms with E-state index in [-0.39, 0.29) is 11.3 Å². The average molecular weight is 248 g/mol. The monoisotopic (exact) mass is 248 g/mol. The molecule has 1 aromatic heterocycles. The van der Waals surface area contributed by atoms with Crippen molar-refractivity contribution in [2.45, 2.75) is 6.54 Å². The molecule has 0 saturated heterocycles. The van der Waals surface area contributed by atoms with Crippen LogP contribution in [0.1, 0.15) is 15.9 Å². The van der Waals surface area contributed by atoms with Gasteiger partial charge in [-0.3, -0.25) is 9.48 Å². The highest BCUT2D eigenvalue weighted by molar-refractivity contribution is 5.99. The van der Waals surface area contributed by atoms with E-state index in [1.165, 1.54) is 12.1 Å². The predicted octanol–water partition coefficient (Wildman–Crippen LogP) is 1.07. The highest BCUT2D eigenvalue weighted by Crippen LogP contribution is 2.13. The maximum atomic E-state index is 13.0. The Bertz CT molecular complexity index is 579. The van der Waals surface area contributed by atoms with Gasteiger partial charge in [-0.25, -0.2) is 4.39 Å². The van der Waals surface area contributed by atoms with Gasteiger partial charge in [0.25, 0.3) is 5.91 Å². The molecule has 1 heterocycles. The van der Waals surface area contributed by atoms with Gasteiger partial charge in [0.1, 0.15) is 5.82 Å². The lowest BCUT2D eigenvalue weighted by Gasteiger charge is -2.06. The van der Waals surface area contributed by atoms with Crippen LogP contribution in [0, 0.1) is 5.82 Å². The van der Waals surface area contributed by atoms with Crippen molar-refractivity contribution in [2.75, 3.05) is 5.73 Å². The van der Waals surface area contributed by atoms with E-state index in [1.54, 1.807) is 24.1 Å². The van der Waals surface area contributed by atoms with Crippen LogP contribution in [0.3, 0.4) is 0 Å². The van der Waals surface area contributed by atoms with Crippen LogP contribution in [0.2, 0.25) is 0 Å². The van der Waals surface area contributed by atoms with Gasteiger partial charge in [0.05, 0.1) is 11.8 Å². The molecule has 1 amide bonds. The molecule has 3 N–H and O–H groups in total. The van der Waals surface area contributed by atoms with E-state index in [4.69, 9.17) is 5.73 Å². The molecule has 1 aromatic carbocycles. The Labute approximate surface area is 103 Å². The topological polar surface area (TPSA) is 72.9 Å². The number of rotatable bonds is 3. The number of halogens is 1. The Morgan fingerprint density at radius 3 is 3.00 bits per heavy atom. The second kappa shape index (κ2) is 4.87. The number of amides is 1. The number of nitrogens with one attached hydrogen (secondary N) is 1. The summed E-state index contributed by atoms with van der Waals surface area (Å²) < 4.78 is 14.7. The molecule has 0 aliphatic carbocycles. The zero-order valence-corrected chi connectivity index (χ0v) is 9.85. The van der Waals surface area contributed by atoms with E-state index in [0.29, 0.717) is 6.54 Å². The van der Waals surface area contributed by atoms with Gasteiger partial charge >= 0.3 is 0 Å². The number of carbonyl (C=O) groups is 1. The van der Waals surface area contributed by atoms with Gasteiger partial charge in [-0.05, 0) is 18.2 Å². The minimum absolute atomic E-state index is 0.138. The van der Waals surface area contributed by atoms with Crippen LogP contribution < -0.4 is 11.1 Å². The van der Waals surface area contributed by atoms with E-state index in [9.17, 15) is 9.18 Å². The molecular weight excluding hydrogens is 235 g/mol. The van der Waals surface area contributed by atoms with Crippen LogP contribution >= 0.6 is 0 Å². The highest BCUT2D eigenvalue weighted by Gasteiger charge is 2.10. The largest absolute Gasteiger partial charge is 0.398 e. The van der Waals surface area contributed by atoms with Crippen molar-refractivity contribution in [1.82, 2.24) is 15.1 Å². The summed E-state index contributed by atoms with van der Waals surface area (Å²) >= 11 is 0. The molecule has 94 valence electrons. The van der Waals surface area contributed by atoms with Crippen molar-refractivity contribution < 1.29 is 9.18 Å². The van der Waals surface area contributed by atoms with Gasteiger partial charge in [-0.1, -0.05) is 0 Å². The molecule has 6 heteroatoms. The molecule has 0 fully saturated rings. The number of anilines is 1. The fourth-order valence-corrected chi connectivity index (χ4v) is 1.57. The number of benzene rings is 1. The summed E-state index contributed by atoms with van der Waals surface area (Å²) in [5.74, 6) is -0.897. The summed E-state index contributed by atoms with van der Waals surface area (Å²) in [4.78, 5) is 11.8. The van der Waals surface area contributed by atoms with Gasteiger partial charge in [0.15, 0.2) is 0 Å². The van der Waals surface area contributed by atoms with Crippen molar-refractivity contribution in [3.05, 3.63) is 47.5 Å². The Hall–Kier alpha value is -2.37. The Kier molecular flexibility index (Phi) is 3.27. The van der Waals surface area contributed by atoms with Crippen LogP contribution in [0.4, 0.5) is 10.1 Å². The predicted molar refractivity (Wildman–Crippen MR) is 65.2 cm³/mol.